The second-order valence-electron chi connectivity index (χ2n) is 4.38. The minimum Gasteiger partial charge on any atom is -0.466 e. The fraction of sp³-hybridized carbons (Fsp3) is 0.769. The summed E-state index contributed by atoms with van der Waals surface area (Å²) in [6.45, 7) is 3.52. The quantitative estimate of drug-likeness (QED) is 0.540. The van der Waals surface area contributed by atoms with E-state index in [0.717, 1.165) is 12.1 Å². The van der Waals surface area contributed by atoms with E-state index >= 15 is 0 Å². The second-order valence-corrected chi connectivity index (χ2v) is 4.38. The van der Waals surface area contributed by atoms with Crippen LogP contribution in [-0.4, -0.2) is 48.8 Å². The summed E-state index contributed by atoms with van der Waals surface area (Å²) < 4.78 is 4.72. The number of nitrogens with zero attached hydrogens (tertiary/aromatic N) is 1. The van der Waals surface area contributed by atoms with Crippen LogP contribution >= 0.6 is 0 Å². The summed E-state index contributed by atoms with van der Waals surface area (Å²) in [6.07, 6.45) is 6.29. The summed E-state index contributed by atoms with van der Waals surface area (Å²) in [5, 5.41) is 9.03. The van der Waals surface area contributed by atoms with Crippen molar-refractivity contribution < 1.29 is 14.6 Å². The molecule has 0 unspecified atom stereocenters. The molecule has 0 aliphatic heterocycles. The first-order valence-electron chi connectivity index (χ1n) is 6.35. The van der Waals surface area contributed by atoms with Crippen LogP contribution in [0, 0.1) is 0 Å². The van der Waals surface area contributed by atoms with Gasteiger partial charge in [-0.3, -0.25) is 4.90 Å². The monoisotopic (exact) mass is 241 g/mol. The van der Waals surface area contributed by atoms with Crippen molar-refractivity contribution in [3.8, 4) is 0 Å². The van der Waals surface area contributed by atoms with Crippen LogP contribution in [0.25, 0.3) is 0 Å². The Balaban J connectivity index is 2.52. The van der Waals surface area contributed by atoms with Gasteiger partial charge in [0.05, 0.1) is 13.7 Å². The molecule has 0 aromatic carbocycles. The third-order valence-electron chi connectivity index (χ3n) is 3.38. The Hall–Kier alpha value is -0.870. The van der Waals surface area contributed by atoms with Crippen molar-refractivity contribution in [3.63, 3.8) is 0 Å². The molecule has 1 saturated carbocycles. The average molecular weight is 241 g/mol. The minimum absolute atomic E-state index is 0.171. The third kappa shape index (κ3) is 4.13. The predicted molar refractivity (Wildman–Crippen MR) is 66.7 cm³/mol. The zero-order valence-corrected chi connectivity index (χ0v) is 10.8. The molecule has 0 atom stereocenters. The molecular weight excluding hydrogens is 218 g/mol. The Morgan fingerprint density at radius 2 is 2.24 bits per heavy atom. The van der Waals surface area contributed by atoms with Gasteiger partial charge in [0.2, 0.25) is 0 Å². The number of hydrogen-bond donors (Lipinski definition) is 1. The Morgan fingerprint density at radius 1 is 1.53 bits per heavy atom. The molecule has 0 saturated heterocycles. The number of aliphatic hydroxyl groups is 1. The lowest BCUT2D eigenvalue weighted by atomic mass is 9.91. The maximum absolute atomic E-state index is 11.4. The molecule has 4 heteroatoms. The molecule has 0 radical (unpaired) electrons. The van der Waals surface area contributed by atoms with Gasteiger partial charge in [-0.25, -0.2) is 4.79 Å². The van der Waals surface area contributed by atoms with Crippen LogP contribution < -0.4 is 0 Å². The normalized spacial score (nSPS) is 17.1. The molecule has 98 valence electrons. The zero-order valence-electron chi connectivity index (χ0n) is 10.8. The topological polar surface area (TPSA) is 49.8 Å². The van der Waals surface area contributed by atoms with E-state index in [1.165, 1.54) is 26.4 Å². The largest absolute Gasteiger partial charge is 0.466 e. The maximum Gasteiger partial charge on any atom is 0.333 e. The lowest BCUT2D eigenvalue weighted by Gasteiger charge is -2.36. The molecule has 0 spiro atoms. The van der Waals surface area contributed by atoms with E-state index in [1.807, 2.05) is 13.0 Å². The third-order valence-corrected chi connectivity index (χ3v) is 3.38. The molecule has 4 nitrogen and oxygen atoms in total. The Morgan fingerprint density at radius 3 is 2.65 bits per heavy atom. The van der Waals surface area contributed by atoms with Crippen molar-refractivity contribution in [3.05, 3.63) is 11.6 Å². The summed E-state index contributed by atoms with van der Waals surface area (Å²) >= 11 is 0. The fourth-order valence-electron chi connectivity index (χ4n) is 2.03. The van der Waals surface area contributed by atoms with Crippen LogP contribution in [0.4, 0.5) is 0 Å². The number of hydrogen-bond acceptors (Lipinski definition) is 4. The highest BCUT2D eigenvalue weighted by Gasteiger charge is 2.23. The maximum atomic E-state index is 11.4. The second kappa shape index (κ2) is 7.45. The van der Waals surface area contributed by atoms with E-state index in [9.17, 15) is 4.79 Å². The molecule has 0 bridgehead atoms. The molecule has 0 heterocycles. The standard InChI is InChI=1S/C13H23NO3/c1-3-11(13(16)17-2)7-8-14(9-10-15)12-5-4-6-12/h7,12,15H,3-6,8-10H2,1-2H3. The molecule has 0 aromatic rings. The molecule has 17 heavy (non-hydrogen) atoms. The molecule has 1 aliphatic rings. The average Bonchev–Trinajstić information content (AvgIpc) is 2.27. The minimum atomic E-state index is -0.245. The van der Waals surface area contributed by atoms with Crippen LogP contribution in [0.2, 0.25) is 0 Å². The Labute approximate surface area is 103 Å². The summed E-state index contributed by atoms with van der Waals surface area (Å²) in [5.41, 5.74) is 0.717. The Kier molecular flexibility index (Phi) is 6.22. The Bertz CT molecular complexity index is 272. The number of rotatable bonds is 7. The molecule has 1 fully saturated rings. The first kappa shape index (κ1) is 14.2. The lowest BCUT2D eigenvalue weighted by molar-refractivity contribution is -0.136. The van der Waals surface area contributed by atoms with Crippen LogP contribution in [0.3, 0.4) is 0 Å². The highest BCUT2D eigenvalue weighted by Crippen LogP contribution is 2.24. The van der Waals surface area contributed by atoms with Crippen molar-refractivity contribution in [2.24, 2.45) is 0 Å². The van der Waals surface area contributed by atoms with Crippen molar-refractivity contribution in [2.75, 3.05) is 26.8 Å². The molecule has 0 amide bonds. The first-order valence-corrected chi connectivity index (χ1v) is 6.35. The van der Waals surface area contributed by atoms with Gasteiger partial charge in [-0.05, 0) is 19.3 Å². The predicted octanol–water partition coefficient (Wildman–Crippen LogP) is 1.34. The number of carbonyl (C=O) groups is 1. The van der Waals surface area contributed by atoms with Gasteiger partial charge in [0.25, 0.3) is 0 Å². The SMILES string of the molecule is CCC(=CCN(CCO)C1CCC1)C(=O)OC. The van der Waals surface area contributed by atoms with Gasteiger partial charge in [-0.15, -0.1) is 0 Å². The van der Waals surface area contributed by atoms with Gasteiger partial charge in [0, 0.05) is 24.7 Å². The van der Waals surface area contributed by atoms with E-state index in [1.54, 1.807) is 0 Å². The molecule has 1 rings (SSSR count). The molecule has 0 aromatic heterocycles. The number of ether oxygens (including phenoxy) is 1. The van der Waals surface area contributed by atoms with Crippen molar-refractivity contribution in [1.82, 2.24) is 4.90 Å². The summed E-state index contributed by atoms with van der Waals surface area (Å²) in [4.78, 5) is 13.6. The van der Waals surface area contributed by atoms with Crippen LogP contribution in [0.1, 0.15) is 32.6 Å². The summed E-state index contributed by atoms with van der Waals surface area (Å²) in [7, 11) is 1.41. The number of methoxy groups -OCH3 is 1. The first-order chi connectivity index (χ1) is 8.22. The van der Waals surface area contributed by atoms with E-state index in [2.05, 4.69) is 4.90 Å². The van der Waals surface area contributed by atoms with Gasteiger partial charge in [-0.2, -0.15) is 0 Å². The van der Waals surface area contributed by atoms with Crippen molar-refractivity contribution in [2.45, 2.75) is 38.6 Å². The van der Waals surface area contributed by atoms with Crippen molar-refractivity contribution in [1.29, 1.82) is 0 Å². The van der Waals surface area contributed by atoms with Crippen molar-refractivity contribution >= 4 is 5.97 Å². The van der Waals surface area contributed by atoms with Gasteiger partial charge in [-0.1, -0.05) is 19.4 Å². The van der Waals surface area contributed by atoms with E-state index in [-0.39, 0.29) is 12.6 Å². The summed E-state index contributed by atoms with van der Waals surface area (Å²) in [6, 6.07) is 0.578. The van der Waals surface area contributed by atoms with E-state index in [0.29, 0.717) is 19.0 Å². The van der Waals surface area contributed by atoms with Gasteiger partial charge >= 0.3 is 5.97 Å². The van der Waals surface area contributed by atoms with Gasteiger partial charge in [0.1, 0.15) is 0 Å². The highest BCUT2D eigenvalue weighted by molar-refractivity contribution is 5.88. The van der Waals surface area contributed by atoms with E-state index in [4.69, 9.17) is 9.84 Å². The summed E-state index contributed by atoms with van der Waals surface area (Å²) in [5.74, 6) is -0.245. The molecule has 1 aliphatic carbocycles. The van der Waals surface area contributed by atoms with Crippen LogP contribution in [0.15, 0.2) is 11.6 Å². The zero-order chi connectivity index (χ0) is 12.7. The molecule has 1 N–H and O–H groups in total. The van der Waals surface area contributed by atoms with E-state index < -0.39 is 0 Å². The van der Waals surface area contributed by atoms with Crippen LogP contribution in [-0.2, 0) is 9.53 Å². The van der Waals surface area contributed by atoms with Crippen LogP contribution in [0.5, 0.6) is 0 Å². The molecular formula is C13H23NO3. The lowest BCUT2D eigenvalue weighted by Crippen LogP contribution is -2.42. The highest BCUT2D eigenvalue weighted by atomic mass is 16.5. The number of aliphatic hydroxyl groups excluding tert-OH is 1. The number of carbonyl (C=O) groups excluding carboxylic acids is 1. The fourth-order valence-corrected chi connectivity index (χ4v) is 2.03. The smallest absolute Gasteiger partial charge is 0.333 e. The van der Waals surface area contributed by atoms with Gasteiger partial charge in [0.15, 0.2) is 0 Å². The number of esters is 1. The van der Waals surface area contributed by atoms with Gasteiger partial charge < -0.3 is 9.84 Å².